The van der Waals surface area contributed by atoms with Crippen LogP contribution >= 0.6 is 67.8 Å². The highest BCUT2D eigenvalue weighted by atomic mass is 127. The number of alkyl halides is 2. The summed E-state index contributed by atoms with van der Waals surface area (Å²) in [5.74, 6) is -2.24. The standard InChI is InChI=1S/C17H12F2I3NO7S/c18-17(19,31(27,28)29)6-30-16(26)11-9(20)5-10(21)13(12(11)22)23-14(24)7-3-1-2-4-8(7)15(23)25/h5H,1-4,6H2,(H,27,28,29). The van der Waals surface area contributed by atoms with Crippen molar-refractivity contribution < 1.29 is 40.9 Å². The summed E-state index contributed by atoms with van der Waals surface area (Å²) in [7, 11) is -5.77. The van der Waals surface area contributed by atoms with Gasteiger partial charge >= 0.3 is 21.3 Å². The molecular formula is C17H12F2I3NO7S. The number of hydrogen-bond donors (Lipinski definition) is 1. The maximum Gasteiger partial charge on any atom is 0.402 e. The van der Waals surface area contributed by atoms with Crippen molar-refractivity contribution in [2.75, 3.05) is 11.5 Å². The van der Waals surface area contributed by atoms with E-state index in [1.54, 1.807) is 45.2 Å². The Morgan fingerprint density at radius 2 is 1.61 bits per heavy atom. The normalized spacial score (nSPS) is 17.3. The summed E-state index contributed by atoms with van der Waals surface area (Å²) in [6.07, 6.45) is 2.53. The third kappa shape index (κ3) is 4.63. The zero-order valence-corrected chi connectivity index (χ0v) is 22.5. The average molecular weight is 793 g/mol. The minimum Gasteiger partial charge on any atom is -0.454 e. The molecule has 14 heteroatoms. The molecule has 0 atom stereocenters. The molecule has 0 bridgehead atoms. The maximum atomic E-state index is 13.4. The first kappa shape index (κ1) is 25.2. The third-order valence-electron chi connectivity index (χ3n) is 4.71. The topological polar surface area (TPSA) is 118 Å². The number of amides is 2. The fraction of sp³-hybridized carbons (Fsp3) is 0.353. The van der Waals surface area contributed by atoms with Crippen LogP contribution in [0, 0.1) is 10.7 Å². The Morgan fingerprint density at radius 3 is 2.10 bits per heavy atom. The molecule has 168 valence electrons. The number of rotatable bonds is 5. The number of benzene rings is 1. The summed E-state index contributed by atoms with van der Waals surface area (Å²) in [5, 5.41) is -4.69. The average Bonchev–Trinajstić information content (AvgIpc) is 2.91. The van der Waals surface area contributed by atoms with Crippen LogP contribution in [0.15, 0.2) is 17.2 Å². The zero-order valence-electron chi connectivity index (χ0n) is 15.3. The second kappa shape index (κ2) is 9.05. The first-order valence-corrected chi connectivity index (χ1v) is 13.3. The van der Waals surface area contributed by atoms with Gasteiger partial charge in [0, 0.05) is 18.3 Å². The lowest BCUT2D eigenvalue weighted by atomic mass is 9.93. The Balaban J connectivity index is 1.99. The molecule has 0 aromatic heterocycles. The van der Waals surface area contributed by atoms with E-state index in [4.69, 9.17) is 4.55 Å². The number of nitrogens with zero attached hydrogens (tertiary/aromatic N) is 1. The van der Waals surface area contributed by atoms with Gasteiger partial charge in [-0.1, -0.05) is 0 Å². The van der Waals surface area contributed by atoms with Crippen LogP contribution < -0.4 is 4.90 Å². The highest BCUT2D eigenvalue weighted by molar-refractivity contribution is 14.1. The predicted octanol–water partition coefficient (Wildman–Crippen LogP) is 3.88. The monoisotopic (exact) mass is 793 g/mol. The molecule has 0 spiro atoms. The van der Waals surface area contributed by atoms with Gasteiger partial charge in [0.25, 0.3) is 11.8 Å². The summed E-state index contributed by atoms with van der Waals surface area (Å²) in [6, 6.07) is 1.48. The van der Waals surface area contributed by atoms with Crippen LogP contribution in [0.3, 0.4) is 0 Å². The van der Waals surface area contributed by atoms with Gasteiger partial charge in [0.1, 0.15) is 0 Å². The first-order valence-electron chi connectivity index (χ1n) is 8.58. The molecular weight excluding hydrogens is 781 g/mol. The van der Waals surface area contributed by atoms with Gasteiger partial charge in [0.15, 0.2) is 6.61 Å². The highest BCUT2D eigenvalue weighted by Gasteiger charge is 2.46. The Hall–Kier alpha value is -0.470. The summed E-state index contributed by atoms with van der Waals surface area (Å²) in [6.45, 7) is -1.89. The van der Waals surface area contributed by atoms with Crippen LogP contribution in [0.2, 0.25) is 0 Å². The quantitative estimate of drug-likeness (QED) is 0.208. The van der Waals surface area contributed by atoms with Gasteiger partial charge in [-0.05, 0) is 99.5 Å². The van der Waals surface area contributed by atoms with E-state index < -0.39 is 39.8 Å². The van der Waals surface area contributed by atoms with E-state index in [2.05, 4.69) is 4.74 Å². The second-order valence-electron chi connectivity index (χ2n) is 6.68. The Kier molecular flexibility index (Phi) is 7.35. The van der Waals surface area contributed by atoms with E-state index in [1.807, 2.05) is 22.6 Å². The fourth-order valence-corrected chi connectivity index (χ4v) is 7.71. The largest absolute Gasteiger partial charge is 0.454 e. The van der Waals surface area contributed by atoms with Crippen molar-refractivity contribution in [3.8, 4) is 0 Å². The Bertz CT molecular complexity index is 1120. The fourth-order valence-electron chi connectivity index (χ4n) is 3.21. The van der Waals surface area contributed by atoms with E-state index in [1.165, 1.54) is 6.07 Å². The Labute approximate surface area is 216 Å². The minimum atomic E-state index is -5.77. The highest BCUT2D eigenvalue weighted by Crippen LogP contribution is 2.41. The summed E-state index contributed by atoms with van der Waals surface area (Å²) in [4.78, 5) is 39.3. The number of carbonyl (C=O) groups excluding carboxylic acids is 3. The van der Waals surface area contributed by atoms with E-state index in [0.29, 0.717) is 27.6 Å². The molecule has 1 aliphatic carbocycles. The van der Waals surface area contributed by atoms with Crippen molar-refractivity contribution in [3.05, 3.63) is 33.5 Å². The van der Waals surface area contributed by atoms with Crippen LogP contribution in [0.1, 0.15) is 36.0 Å². The molecule has 3 rings (SSSR count). The number of esters is 1. The lowest BCUT2D eigenvalue weighted by Gasteiger charge is -2.21. The number of imide groups is 1. The molecule has 2 amide bonds. The molecule has 1 aromatic rings. The molecule has 8 nitrogen and oxygen atoms in total. The maximum absolute atomic E-state index is 13.4. The van der Waals surface area contributed by atoms with Crippen molar-refractivity contribution in [1.29, 1.82) is 0 Å². The number of hydrogen-bond acceptors (Lipinski definition) is 6. The van der Waals surface area contributed by atoms with Crippen LogP contribution in [0.25, 0.3) is 0 Å². The lowest BCUT2D eigenvalue weighted by molar-refractivity contribution is -0.120. The van der Waals surface area contributed by atoms with Gasteiger partial charge in [-0.3, -0.25) is 14.1 Å². The van der Waals surface area contributed by atoms with Gasteiger partial charge < -0.3 is 4.74 Å². The van der Waals surface area contributed by atoms with Gasteiger partial charge in [-0.2, -0.15) is 17.2 Å². The zero-order chi connectivity index (χ0) is 23.3. The number of anilines is 1. The molecule has 0 radical (unpaired) electrons. The smallest absolute Gasteiger partial charge is 0.402 e. The van der Waals surface area contributed by atoms with Crippen molar-refractivity contribution in [2.45, 2.75) is 30.9 Å². The van der Waals surface area contributed by atoms with Crippen LogP contribution in [-0.4, -0.2) is 42.6 Å². The molecule has 0 unspecified atom stereocenters. The number of carbonyl (C=O) groups is 3. The molecule has 0 fully saturated rings. The number of halogens is 5. The summed E-state index contributed by atoms with van der Waals surface area (Å²) >= 11 is 5.38. The minimum absolute atomic E-state index is 0.121. The molecule has 1 aromatic carbocycles. The van der Waals surface area contributed by atoms with Gasteiger partial charge in [-0.25, -0.2) is 9.69 Å². The molecule has 1 aliphatic heterocycles. The van der Waals surface area contributed by atoms with E-state index in [0.717, 1.165) is 17.7 Å². The number of ether oxygens (including phenoxy) is 1. The predicted molar refractivity (Wildman–Crippen MR) is 129 cm³/mol. The molecule has 0 saturated carbocycles. The first-order chi connectivity index (χ1) is 14.3. The molecule has 0 saturated heterocycles. The van der Waals surface area contributed by atoms with Crippen LogP contribution in [-0.2, 0) is 24.4 Å². The Morgan fingerprint density at radius 1 is 1.10 bits per heavy atom. The van der Waals surface area contributed by atoms with Crippen molar-refractivity contribution in [2.24, 2.45) is 0 Å². The van der Waals surface area contributed by atoms with Gasteiger partial charge in [0.2, 0.25) is 0 Å². The summed E-state index contributed by atoms with van der Waals surface area (Å²) in [5.41, 5.74) is 0.823. The van der Waals surface area contributed by atoms with Crippen molar-refractivity contribution in [3.63, 3.8) is 0 Å². The third-order valence-corrected chi connectivity index (χ3v) is 8.31. The van der Waals surface area contributed by atoms with Crippen molar-refractivity contribution >= 4 is 101 Å². The van der Waals surface area contributed by atoms with E-state index in [9.17, 15) is 31.6 Å². The SMILES string of the molecule is O=C(OCC(F)(F)S(=O)(=O)O)c1c(I)cc(I)c(N2C(=O)C3=C(CCCC3)C2=O)c1I. The van der Waals surface area contributed by atoms with E-state index >= 15 is 0 Å². The van der Waals surface area contributed by atoms with Gasteiger partial charge in [-0.15, -0.1) is 0 Å². The van der Waals surface area contributed by atoms with Crippen LogP contribution in [0.5, 0.6) is 0 Å². The lowest BCUT2D eigenvalue weighted by Crippen LogP contribution is -2.35. The second-order valence-corrected chi connectivity index (χ2v) is 11.6. The van der Waals surface area contributed by atoms with E-state index in [-0.39, 0.29) is 18.4 Å². The molecule has 2 aliphatic rings. The van der Waals surface area contributed by atoms with Crippen molar-refractivity contribution in [1.82, 2.24) is 0 Å². The molecule has 31 heavy (non-hydrogen) atoms. The van der Waals surface area contributed by atoms with Gasteiger partial charge in [0.05, 0.1) is 14.8 Å². The summed E-state index contributed by atoms with van der Waals surface area (Å²) < 4.78 is 62.2. The molecule has 1 N–H and O–H groups in total. The molecule has 1 heterocycles. The van der Waals surface area contributed by atoms with Crippen LogP contribution in [0.4, 0.5) is 14.5 Å².